The molecule has 0 bridgehead atoms. The molecule has 0 radical (unpaired) electrons. The number of benzene rings is 1. The molecule has 1 aromatic carbocycles. The van der Waals surface area contributed by atoms with E-state index < -0.39 is 10.0 Å². The smallest absolute Gasteiger partial charge is 0.235 e. The number of anilines is 1. The molecule has 0 spiro atoms. The van der Waals surface area contributed by atoms with E-state index in [1.165, 1.54) is 0 Å². The van der Waals surface area contributed by atoms with Crippen molar-refractivity contribution in [3.63, 3.8) is 0 Å². The molecular weight excluding hydrogens is 274 g/mol. The van der Waals surface area contributed by atoms with Crippen LogP contribution >= 0.6 is 11.6 Å². The molecule has 1 atom stereocenters. The van der Waals surface area contributed by atoms with Gasteiger partial charge in [-0.3, -0.25) is 4.72 Å². The molecule has 6 heteroatoms. The first-order valence-corrected chi connectivity index (χ1v) is 8.05. The lowest BCUT2D eigenvalue weighted by Gasteiger charge is -2.12. The predicted octanol–water partition coefficient (Wildman–Crippen LogP) is 2.35. The molecule has 0 amide bonds. The van der Waals surface area contributed by atoms with Crippen molar-refractivity contribution in [2.45, 2.75) is 24.8 Å². The van der Waals surface area contributed by atoms with Crippen LogP contribution in [-0.4, -0.2) is 26.9 Å². The summed E-state index contributed by atoms with van der Waals surface area (Å²) in [6, 6.07) is 7.03. The van der Waals surface area contributed by atoms with Crippen molar-refractivity contribution in [2.24, 2.45) is 0 Å². The molecule has 1 N–H and O–H groups in total. The Morgan fingerprint density at radius 2 is 2.06 bits per heavy atom. The van der Waals surface area contributed by atoms with Crippen LogP contribution in [0, 0.1) is 0 Å². The number of nitrogens with one attached hydrogen (secondary N) is 1. The molecule has 1 unspecified atom stereocenters. The van der Waals surface area contributed by atoms with Crippen molar-refractivity contribution in [3.05, 3.63) is 29.8 Å². The minimum Gasteiger partial charge on any atom is -0.377 e. The zero-order valence-electron chi connectivity index (χ0n) is 9.93. The highest BCUT2D eigenvalue weighted by Gasteiger charge is 2.23. The van der Waals surface area contributed by atoms with E-state index in [9.17, 15) is 8.42 Å². The molecule has 18 heavy (non-hydrogen) atoms. The van der Waals surface area contributed by atoms with E-state index in [-0.39, 0.29) is 11.9 Å². The van der Waals surface area contributed by atoms with Crippen molar-refractivity contribution >= 4 is 27.3 Å². The first-order valence-electron chi connectivity index (χ1n) is 5.86. The zero-order chi connectivity index (χ0) is 13.0. The van der Waals surface area contributed by atoms with Gasteiger partial charge in [0.05, 0.1) is 11.9 Å². The SMILES string of the molecule is O=S(=O)(CC1CCCO1)Nc1ccc(CCl)cc1. The summed E-state index contributed by atoms with van der Waals surface area (Å²) in [6.07, 6.45) is 1.57. The summed E-state index contributed by atoms with van der Waals surface area (Å²) in [5.74, 6) is 0.438. The fourth-order valence-corrected chi connectivity index (χ4v) is 3.41. The van der Waals surface area contributed by atoms with Crippen LogP contribution in [0.2, 0.25) is 0 Å². The average Bonchev–Trinajstić information content (AvgIpc) is 2.81. The van der Waals surface area contributed by atoms with Gasteiger partial charge in [0.1, 0.15) is 0 Å². The first kappa shape index (κ1) is 13.6. The quantitative estimate of drug-likeness (QED) is 0.847. The number of halogens is 1. The van der Waals surface area contributed by atoms with Crippen LogP contribution in [0.1, 0.15) is 18.4 Å². The van der Waals surface area contributed by atoms with E-state index in [0.717, 1.165) is 18.4 Å². The van der Waals surface area contributed by atoms with Crippen LogP contribution in [0.3, 0.4) is 0 Å². The Labute approximate surface area is 112 Å². The van der Waals surface area contributed by atoms with Crippen LogP contribution < -0.4 is 4.72 Å². The molecule has 1 saturated heterocycles. The Morgan fingerprint density at radius 3 is 2.61 bits per heavy atom. The maximum atomic E-state index is 11.9. The fraction of sp³-hybridized carbons (Fsp3) is 0.500. The largest absolute Gasteiger partial charge is 0.377 e. The monoisotopic (exact) mass is 289 g/mol. The summed E-state index contributed by atoms with van der Waals surface area (Å²) < 4.78 is 31.7. The lowest BCUT2D eigenvalue weighted by molar-refractivity contribution is 0.127. The number of hydrogen-bond donors (Lipinski definition) is 1. The molecule has 4 nitrogen and oxygen atoms in total. The van der Waals surface area contributed by atoms with E-state index in [0.29, 0.717) is 18.2 Å². The summed E-state index contributed by atoms with van der Waals surface area (Å²) in [5.41, 5.74) is 1.51. The molecule has 0 aliphatic carbocycles. The van der Waals surface area contributed by atoms with E-state index >= 15 is 0 Å². The topological polar surface area (TPSA) is 55.4 Å². The van der Waals surface area contributed by atoms with Crippen molar-refractivity contribution < 1.29 is 13.2 Å². The van der Waals surface area contributed by atoms with E-state index in [2.05, 4.69) is 4.72 Å². The van der Waals surface area contributed by atoms with E-state index in [1.807, 2.05) is 0 Å². The third-order valence-electron chi connectivity index (χ3n) is 2.81. The minimum absolute atomic E-state index is 0.0181. The summed E-state index contributed by atoms with van der Waals surface area (Å²) in [6.45, 7) is 0.657. The van der Waals surface area contributed by atoms with Crippen molar-refractivity contribution in [1.82, 2.24) is 0 Å². The summed E-state index contributed by atoms with van der Waals surface area (Å²) in [5, 5.41) is 0. The Balaban J connectivity index is 1.97. The third-order valence-corrected chi connectivity index (χ3v) is 4.48. The molecule has 0 aromatic heterocycles. The Hall–Kier alpha value is -0.780. The summed E-state index contributed by atoms with van der Waals surface area (Å²) in [4.78, 5) is 0. The second-order valence-corrected chi connectivity index (χ2v) is 6.38. The molecule has 1 heterocycles. The molecule has 1 aromatic rings. The Bertz CT molecular complexity index is 481. The lowest BCUT2D eigenvalue weighted by Crippen LogP contribution is -2.25. The van der Waals surface area contributed by atoms with E-state index in [4.69, 9.17) is 16.3 Å². The second kappa shape index (κ2) is 5.91. The molecular formula is C12H16ClNO3S. The number of rotatable bonds is 5. The van der Waals surface area contributed by atoms with Gasteiger partial charge in [-0.2, -0.15) is 0 Å². The van der Waals surface area contributed by atoms with Gasteiger partial charge in [-0.1, -0.05) is 12.1 Å². The van der Waals surface area contributed by atoms with Crippen molar-refractivity contribution in [3.8, 4) is 0 Å². The standard InChI is InChI=1S/C12H16ClNO3S/c13-8-10-3-5-11(6-4-10)14-18(15,16)9-12-2-1-7-17-12/h3-6,12,14H,1-2,7-9H2. The zero-order valence-corrected chi connectivity index (χ0v) is 11.5. The molecule has 0 saturated carbocycles. The molecule has 1 fully saturated rings. The van der Waals surface area contributed by atoms with E-state index in [1.54, 1.807) is 24.3 Å². The maximum Gasteiger partial charge on any atom is 0.235 e. The van der Waals surface area contributed by atoms with Gasteiger partial charge in [0.15, 0.2) is 0 Å². The van der Waals surface area contributed by atoms with Crippen LogP contribution in [0.4, 0.5) is 5.69 Å². The molecule has 100 valence electrons. The first-order chi connectivity index (χ1) is 8.59. The Morgan fingerprint density at radius 1 is 1.33 bits per heavy atom. The molecule has 1 aliphatic heterocycles. The van der Waals surface area contributed by atoms with Gasteiger partial charge in [-0.25, -0.2) is 8.42 Å². The van der Waals surface area contributed by atoms with Crippen LogP contribution in [0.5, 0.6) is 0 Å². The summed E-state index contributed by atoms with van der Waals surface area (Å²) >= 11 is 5.67. The lowest BCUT2D eigenvalue weighted by atomic mass is 10.2. The van der Waals surface area contributed by atoms with Gasteiger partial charge in [-0.05, 0) is 30.5 Å². The molecule has 1 aliphatic rings. The predicted molar refractivity (Wildman–Crippen MR) is 72.4 cm³/mol. The highest BCUT2D eigenvalue weighted by molar-refractivity contribution is 7.92. The van der Waals surface area contributed by atoms with Gasteiger partial charge in [0.2, 0.25) is 10.0 Å². The highest BCUT2D eigenvalue weighted by atomic mass is 35.5. The number of hydrogen-bond acceptors (Lipinski definition) is 3. The van der Waals surface area contributed by atoms with Crippen molar-refractivity contribution in [1.29, 1.82) is 0 Å². The maximum absolute atomic E-state index is 11.9. The molecule has 2 rings (SSSR count). The van der Waals surface area contributed by atoms with Gasteiger partial charge in [0, 0.05) is 18.2 Å². The fourth-order valence-electron chi connectivity index (χ4n) is 1.90. The number of sulfonamides is 1. The summed E-state index contributed by atoms with van der Waals surface area (Å²) in [7, 11) is -3.35. The van der Waals surface area contributed by atoms with Crippen LogP contribution in [0.25, 0.3) is 0 Å². The van der Waals surface area contributed by atoms with Gasteiger partial charge in [0.25, 0.3) is 0 Å². The van der Waals surface area contributed by atoms with Gasteiger partial charge in [-0.15, -0.1) is 11.6 Å². The third kappa shape index (κ3) is 3.86. The van der Waals surface area contributed by atoms with Gasteiger partial charge < -0.3 is 4.74 Å². The normalized spacial score (nSPS) is 19.9. The average molecular weight is 290 g/mol. The number of alkyl halides is 1. The highest BCUT2D eigenvalue weighted by Crippen LogP contribution is 2.17. The minimum atomic E-state index is -3.35. The van der Waals surface area contributed by atoms with Crippen LogP contribution in [0.15, 0.2) is 24.3 Å². The van der Waals surface area contributed by atoms with Crippen molar-refractivity contribution in [2.75, 3.05) is 17.1 Å². The Kier molecular flexibility index (Phi) is 4.48. The number of ether oxygens (including phenoxy) is 1. The second-order valence-electron chi connectivity index (χ2n) is 4.35. The van der Waals surface area contributed by atoms with Gasteiger partial charge >= 0.3 is 0 Å². The van der Waals surface area contributed by atoms with Crippen LogP contribution in [-0.2, 0) is 20.6 Å².